The van der Waals surface area contributed by atoms with E-state index in [1.165, 1.54) is 0 Å². The number of nitrogens with one attached hydrogen (secondary N) is 2. The molecule has 0 aliphatic rings. The van der Waals surface area contributed by atoms with Crippen LogP contribution in [-0.2, 0) is 19.4 Å². The smallest absolute Gasteiger partial charge is 0.315 e. The molecule has 0 fully saturated rings. The summed E-state index contributed by atoms with van der Waals surface area (Å²) < 4.78 is 5.25. The predicted molar refractivity (Wildman–Crippen MR) is 76.4 cm³/mol. The summed E-state index contributed by atoms with van der Waals surface area (Å²) in [7, 11) is 0. The monoisotopic (exact) mass is 283 g/mol. The highest BCUT2D eigenvalue weighted by atomic mass is 16.5. The molecule has 0 bridgehead atoms. The molecule has 6 nitrogen and oxygen atoms in total. The summed E-state index contributed by atoms with van der Waals surface area (Å²) in [5, 5.41) is 18.4. The highest BCUT2D eigenvalue weighted by molar-refractivity contribution is 5.73. The molecule has 3 N–H and O–H groups in total. The quantitative estimate of drug-likeness (QED) is 0.676. The molecule has 6 heteroatoms. The molecule has 114 valence electrons. The number of urea groups is 1. The number of aliphatic hydroxyl groups is 1. The van der Waals surface area contributed by atoms with Crippen LogP contribution in [0.5, 0.6) is 0 Å². The first kappa shape index (κ1) is 16.5. The maximum absolute atomic E-state index is 11.7. The summed E-state index contributed by atoms with van der Waals surface area (Å²) in [5.41, 5.74) is 1.88. The lowest BCUT2D eigenvalue weighted by Crippen LogP contribution is -2.37. The molecule has 0 saturated heterocycles. The third-order valence-electron chi connectivity index (χ3n) is 3.27. The predicted octanol–water partition coefficient (Wildman–Crippen LogP) is 1.62. The van der Waals surface area contributed by atoms with Crippen molar-refractivity contribution in [2.45, 2.75) is 46.6 Å². The molecule has 20 heavy (non-hydrogen) atoms. The lowest BCUT2D eigenvalue weighted by Gasteiger charge is -2.12. The second-order valence-corrected chi connectivity index (χ2v) is 4.92. The van der Waals surface area contributed by atoms with Crippen LogP contribution in [0.15, 0.2) is 4.52 Å². The fraction of sp³-hybridized carbons (Fsp3) is 0.714. The minimum Gasteiger partial charge on any atom is -0.396 e. The van der Waals surface area contributed by atoms with Crippen molar-refractivity contribution in [3.05, 3.63) is 17.0 Å². The molecule has 0 aromatic carbocycles. The van der Waals surface area contributed by atoms with Crippen molar-refractivity contribution >= 4 is 6.03 Å². The van der Waals surface area contributed by atoms with Crippen molar-refractivity contribution in [2.24, 2.45) is 5.92 Å². The van der Waals surface area contributed by atoms with Crippen LogP contribution >= 0.6 is 0 Å². The van der Waals surface area contributed by atoms with Gasteiger partial charge in [0.15, 0.2) is 0 Å². The van der Waals surface area contributed by atoms with Crippen molar-refractivity contribution in [1.82, 2.24) is 15.8 Å². The number of hydrogen-bond acceptors (Lipinski definition) is 4. The Morgan fingerprint density at radius 3 is 2.70 bits per heavy atom. The van der Waals surface area contributed by atoms with Crippen LogP contribution in [0.3, 0.4) is 0 Å². The molecular formula is C14H25N3O3. The summed E-state index contributed by atoms with van der Waals surface area (Å²) in [6.07, 6.45) is 2.24. The molecule has 0 spiro atoms. The average Bonchev–Trinajstić information content (AvgIpc) is 2.85. The Morgan fingerprint density at radius 1 is 1.35 bits per heavy atom. The van der Waals surface area contributed by atoms with Gasteiger partial charge in [0.1, 0.15) is 5.76 Å². The van der Waals surface area contributed by atoms with E-state index in [0.717, 1.165) is 29.9 Å². The van der Waals surface area contributed by atoms with Crippen LogP contribution in [-0.4, -0.2) is 29.4 Å². The molecule has 0 aliphatic heterocycles. The highest BCUT2D eigenvalue weighted by Gasteiger charge is 2.14. The Labute approximate surface area is 119 Å². The van der Waals surface area contributed by atoms with Crippen molar-refractivity contribution in [3.8, 4) is 0 Å². The minimum absolute atomic E-state index is 0.144. The minimum atomic E-state index is -0.208. The van der Waals surface area contributed by atoms with E-state index in [2.05, 4.69) is 15.8 Å². The van der Waals surface area contributed by atoms with Gasteiger partial charge in [-0.2, -0.15) is 0 Å². The van der Waals surface area contributed by atoms with E-state index >= 15 is 0 Å². The molecule has 1 aromatic heterocycles. The number of aromatic nitrogens is 1. The number of nitrogens with zero attached hydrogens (tertiary/aromatic N) is 1. The summed E-state index contributed by atoms with van der Waals surface area (Å²) in [6, 6.07) is -0.208. The number of aliphatic hydroxyl groups excluding tert-OH is 1. The maximum Gasteiger partial charge on any atom is 0.315 e. The number of amides is 2. The average molecular weight is 283 g/mol. The third-order valence-corrected chi connectivity index (χ3v) is 3.27. The molecule has 1 rings (SSSR count). The lowest BCUT2D eigenvalue weighted by atomic mass is 10.1. The maximum atomic E-state index is 11.7. The van der Waals surface area contributed by atoms with Gasteiger partial charge in [-0.1, -0.05) is 25.9 Å². The van der Waals surface area contributed by atoms with E-state index < -0.39 is 0 Å². The van der Waals surface area contributed by atoms with Crippen LogP contribution in [0.1, 0.15) is 44.2 Å². The molecule has 1 aromatic rings. The van der Waals surface area contributed by atoms with Crippen LogP contribution in [0.25, 0.3) is 0 Å². The number of carbonyl (C=O) groups excluding carboxylic acids is 1. The lowest BCUT2D eigenvalue weighted by molar-refractivity contribution is 0.233. The van der Waals surface area contributed by atoms with Crippen LogP contribution in [0.4, 0.5) is 4.79 Å². The van der Waals surface area contributed by atoms with Crippen molar-refractivity contribution in [1.29, 1.82) is 0 Å². The van der Waals surface area contributed by atoms with Gasteiger partial charge in [0, 0.05) is 31.7 Å². The Kier molecular flexibility index (Phi) is 7.08. The molecule has 1 atom stereocenters. The molecule has 0 radical (unpaired) electrons. The molecule has 1 heterocycles. The first-order valence-corrected chi connectivity index (χ1v) is 7.21. The van der Waals surface area contributed by atoms with Gasteiger partial charge in [-0.3, -0.25) is 0 Å². The Balaban J connectivity index is 2.42. The fourth-order valence-electron chi connectivity index (χ4n) is 1.96. The largest absolute Gasteiger partial charge is 0.396 e. The van der Waals surface area contributed by atoms with Gasteiger partial charge < -0.3 is 20.3 Å². The van der Waals surface area contributed by atoms with Gasteiger partial charge in [0.2, 0.25) is 0 Å². The zero-order chi connectivity index (χ0) is 15.0. The van der Waals surface area contributed by atoms with Crippen molar-refractivity contribution in [2.75, 3.05) is 13.2 Å². The van der Waals surface area contributed by atoms with E-state index in [-0.39, 0.29) is 18.6 Å². The zero-order valence-corrected chi connectivity index (χ0v) is 12.5. The second-order valence-electron chi connectivity index (χ2n) is 4.92. The highest BCUT2D eigenvalue weighted by Crippen LogP contribution is 2.15. The van der Waals surface area contributed by atoms with E-state index in [4.69, 9.17) is 9.63 Å². The first-order chi connectivity index (χ1) is 9.62. The van der Waals surface area contributed by atoms with Gasteiger partial charge in [-0.25, -0.2) is 4.79 Å². The summed E-state index contributed by atoms with van der Waals surface area (Å²) >= 11 is 0. The molecule has 2 amide bonds. The zero-order valence-electron chi connectivity index (χ0n) is 12.5. The first-order valence-electron chi connectivity index (χ1n) is 7.21. The third kappa shape index (κ3) is 4.85. The van der Waals surface area contributed by atoms with Crippen LogP contribution in [0, 0.1) is 5.92 Å². The molecule has 0 saturated carbocycles. The second kappa shape index (κ2) is 8.58. The van der Waals surface area contributed by atoms with E-state index in [1.54, 1.807) is 0 Å². The van der Waals surface area contributed by atoms with Crippen molar-refractivity contribution < 1.29 is 14.4 Å². The number of aryl methyl sites for hydroxylation is 2. The number of hydrogen-bond donors (Lipinski definition) is 3. The van der Waals surface area contributed by atoms with Gasteiger partial charge >= 0.3 is 6.03 Å². The Bertz CT molecular complexity index is 396. The van der Waals surface area contributed by atoms with Gasteiger partial charge in [0.05, 0.1) is 5.69 Å². The van der Waals surface area contributed by atoms with Gasteiger partial charge in [-0.05, 0) is 18.8 Å². The standard InChI is InChI=1S/C14H25N3O3/c1-4-12-11(13(5-2)20-17-12)9-16-14(19)15-8-10(3)6-7-18/h10,18H,4-9H2,1-3H3,(H2,15,16,19). The summed E-state index contributed by atoms with van der Waals surface area (Å²) in [4.78, 5) is 11.7. The Morgan fingerprint density at radius 2 is 2.10 bits per heavy atom. The normalized spacial score (nSPS) is 12.2. The van der Waals surface area contributed by atoms with Crippen LogP contribution < -0.4 is 10.6 Å². The van der Waals surface area contributed by atoms with Gasteiger partial charge in [-0.15, -0.1) is 0 Å². The summed E-state index contributed by atoms with van der Waals surface area (Å²) in [5.74, 6) is 1.09. The van der Waals surface area contributed by atoms with Crippen molar-refractivity contribution in [3.63, 3.8) is 0 Å². The SMILES string of the molecule is CCc1noc(CC)c1CNC(=O)NCC(C)CCO. The van der Waals surface area contributed by atoms with E-state index in [0.29, 0.717) is 19.5 Å². The summed E-state index contributed by atoms with van der Waals surface area (Å²) in [6.45, 7) is 7.12. The van der Waals surface area contributed by atoms with E-state index in [1.807, 2.05) is 20.8 Å². The molecule has 0 aliphatic carbocycles. The van der Waals surface area contributed by atoms with Crippen LogP contribution in [0.2, 0.25) is 0 Å². The molecular weight excluding hydrogens is 258 g/mol. The van der Waals surface area contributed by atoms with Gasteiger partial charge in [0.25, 0.3) is 0 Å². The van der Waals surface area contributed by atoms with E-state index in [9.17, 15) is 4.79 Å². The fourth-order valence-corrected chi connectivity index (χ4v) is 1.96. The molecule has 1 unspecified atom stereocenters. The topological polar surface area (TPSA) is 87.4 Å². The Hall–Kier alpha value is -1.56. The number of rotatable bonds is 8. The number of carbonyl (C=O) groups is 1.